The molecule has 1 aromatic carbocycles. The zero-order chi connectivity index (χ0) is 15.1. The predicted molar refractivity (Wildman–Crippen MR) is 84.8 cm³/mol. The van der Waals surface area contributed by atoms with Gasteiger partial charge in [-0.05, 0) is 18.4 Å². The Hall–Kier alpha value is -1.42. The molecule has 0 saturated carbocycles. The smallest absolute Gasteiger partial charge is 0.163 e. The maximum Gasteiger partial charge on any atom is 0.163 e. The van der Waals surface area contributed by atoms with Crippen LogP contribution in [0.3, 0.4) is 0 Å². The number of rotatable bonds is 8. The average Bonchev–Trinajstić information content (AvgIpc) is 2.51. The second kappa shape index (κ2) is 8.13. The van der Waals surface area contributed by atoms with Gasteiger partial charge in [0.1, 0.15) is 13.2 Å². The van der Waals surface area contributed by atoms with E-state index < -0.39 is 0 Å². The van der Waals surface area contributed by atoms with Crippen LogP contribution >= 0.6 is 0 Å². The van der Waals surface area contributed by atoms with Crippen LogP contribution in [0.4, 0.5) is 5.69 Å². The van der Waals surface area contributed by atoms with Crippen LogP contribution in [-0.2, 0) is 11.3 Å². The molecule has 1 aliphatic rings. The first-order chi connectivity index (χ1) is 10.2. The molecule has 4 heteroatoms. The lowest BCUT2D eigenvalue weighted by Crippen LogP contribution is -2.16. The zero-order valence-electron chi connectivity index (χ0n) is 13.2. The molecule has 1 aromatic rings. The molecule has 0 amide bonds. The molecular formula is C17H27NO3. The fourth-order valence-electron chi connectivity index (χ4n) is 2.51. The lowest BCUT2D eigenvalue weighted by Gasteiger charge is -2.20. The summed E-state index contributed by atoms with van der Waals surface area (Å²) < 4.78 is 17.0. The SMILES string of the molecule is CCCCC(CC)COCc1cc2c(cc1N)OCCO2. The highest BCUT2D eigenvalue weighted by Gasteiger charge is 2.15. The molecule has 0 aromatic heterocycles. The standard InChI is InChI=1S/C17H27NO3/c1-3-5-6-13(4-2)11-19-12-14-9-16-17(10-15(14)18)21-8-7-20-16/h9-10,13H,3-8,11-12,18H2,1-2H3. The summed E-state index contributed by atoms with van der Waals surface area (Å²) in [4.78, 5) is 0. The van der Waals surface area contributed by atoms with Crippen LogP contribution in [0.25, 0.3) is 0 Å². The lowest BCUT2D eigenvalue weighted by molar-refractivity contribution is 0.0819. The fraction of sp³-hybridized carbons (Fsp3) is 0.647. The summed E-state index contributed by atoms with van der Waals surface area (Å²) in [6.45, 7) is 6.95. The Bertz CT molecular complexity index is 448. The van der Waals surface area contributed by atoms with Crippen molar-refractivity contribution in [1.82, 2.24) is 0 Å². The van der Waals surface area contributed by atoms with Gasteiger partial charge < -0.3 is 19.9 Å². The van der Waals surface area contributed by atoms with Crippen molar-refractivity contribution < 1.29 is 14.2 Å². The lowest BCUT2D eigenvalue weighted by atomic mass is 10.0. The number of nitrogens with two attached hydrogens (primary N) is 1. The highest BCUT2D eigenvalue weighted by atomic mass is 16.6. The van der Waals surface area contributed by atoms with Gasteiger partial charge in [0, 0.05) is 23.9 Å². The van der Waals surface area contributed by atoms with Crippen molar-refractivity contribution in [3.8, 4) is 11.5 Å². The molecule has 2 N–H and O–H groups in total. The molecule has 0 aliphatic carbocycles. The van der Waals surface area contributed by atoms with E-state index in [4.69, 9.17) is 19.9 Å². The van der Waals surface area contributed by atoms with Crippen LogP contribution < -0.4 is 15.2 Å². The van der Waals surface area contributed by atoms with E-state index in [1.807, 2.05) is 12.1 Å². The van der Waals surface area contributed by atoms with Crippen molar-refractivity contribution in [2.45, 2.75) is 46.1 Å². The van der Waals surface area contributed by atoms with Gasteiger partial charge in [-0.1, -0.05) is 33.1 Å². The number of fused-ring (bicyclic) bond motifs is 1. The number of benzene rings is 1. The quantitative estimate of drug-likeness (QED) is 0.741. The van der Waals surface area contributed by atoms with Crippen molar-refractivity contribution in [2.24, 2.45) is 5.92 Å². The molecule has 1 atom stereocenters. The Morgan fingerprint density at radius 1 is 1.19 bits per heavy atom. The summed E-state index contributed by atoms with van der Waals surface area (Å²) in [6, 6.07) is 3.78. The molecular weight excluding hydrogens is 266 g/mol. The molecule has 0 fully saturated rings. The van der Waals surface area contributed by atoms with Crippen LogP contribution in [-0.4, -0.2) is 19.8 Å². The summed E-state index contributed by atoms with van der Waals surface area (Å²) in [5.74, 6) is 2.15. The van der Waals surface area contributed by atoms with Gasteiger partial charge in [0.15, 0.2) is 11.5 Å². The molecule has 4 nitrogen and oxygen atoms in total. The van der Waals surface area contributed by atoms with Crippen molar-refractivity contribution in [2.75, 3.05) is 25.6 Å². The summed E-state index contributed by atoms with van der Waals surface area (Å²) >= 11 is 0. The van der Waals surface area contributed by atoms with E-state index >= 15 is 0 Å². The second-order valence-corrected chi connectivity index (χ2v) is 5.63. The van der Waals surface area contributed by atoms with Crippen LogP contribution in [0.2, 0.25) is 0 Å². The van der Waals surface area contributed by atoms with E-state index in [-0.39, 0.29) is 0 Å². The van der Waals surface area contributed by atoms with E-state index in [1.165, 1.54) is 19.3 Å². The monoisotopic (exact) mass is 293 g/mol. The van der Waals surface area contributed by atoms with Crippen molar-refractivity contribution in [1.29, 1.82) is 0 Å². The van der Waals surface area contributed by atoms with Gasteiger partial charge in [0.25, 0.3) is 0 Å². The van der Waals surface area contributed by atoms with Crippen LogP contribution in [0.5, 0.6) is 11.5 Å². The van der Waals surface area contributed by atoms with Crippen LogP contribution in [0.1, 0.15) is 45.1 Å². The first-order valence-corrected chi connectivity index (χ1v) is 8.00. The first kappa shape index (κ1) is 16.0. The summed E-state index contributed by atoms with van der Waals surface area (Å²) in [7, 11) is 0. The molecule has 1 unspecified atom stereocenters. The third kappa shape index (κ3) is 4.53. The van der Waals surface area contributed by atoms with E-state index in [9.17, 15) is 0 Å². The number of unbranched alkanes of at least 4 members (excludes halogenated alkanes) is 1. The molecule has 1 heterocycles. The molecule has 0 radical (unpaired) electrons. The number of ether oxygens (including phenoxy) is 3. The molecule has 21 heavy (non-hydrogen) atoms. The Kier molecular flexibility index (Phi) is 6.18. The minimum atomic E-state index is 0.533. The topological polar surface area (TPSA) is 53.7 Å². The van der Waals surface area contributed by atoms with Crippen molar-refractivity contribution in [3.05, 3.63) is 17.7 Å². The molecule has 2 rings (SSSR count). The highest BCUT2D eigenvalue weighted by Crippen LogP contribution is 2.34. The normalized spacial score (nSPS) is 15.0. The largest absolute Gasteiger partial charge is 0.486 e. The first-order valence-electron chi connectivity index (χ1n) is 8.00. The Morgan fingerprint density at radius 3 is 2.57 bits per heavy atom. The highest BCUT2D eigenvalue weighted by molar-refractivity contribution is 5.58. The minimum absolute atomic E-state index is 0.533. The van der Waals surface area contributed by atoms with Gasteiger partial charge in [-0.15, -0.1) is 0 Å². The minimum Gasteiger partial charge on any atom is -0.486 e. The summed E-state index contributed by atoms with van der Waals surface area (Å²) in [5, 5.41) is 0. The number of nitrogen functional groups attached to an aromatic ring is 1. The Labute approximate surface area is 127 Å². The second-order valence-electron chi connectivity index (χ2n) is 5.63. The average molecular weight is 293 g/mol. The van der Waals surface area contributed by atoms with Gasteiger partial charge in [-0.25, -0.2) is 0 Å². The molecule has 0 bridgehead atoms. The molecule has 1 aliphatic heterocycles. The number of hydrogen-bond acceptors (Lipinski definition) is 4. The Morgan fingerprint density at radius 2 is 1.90 bits per heavy atom. The number of hydrogen-bond donors (Lipinski definition) is 1. The van der Waals surface area contributed by atoms with Crippen LogP contribution in [0.15, 0.2) is 12.1 Å². The number of anilines is 1. The van der Waals surface area contributed by atoms with Gasteiger partial charge in [0.2, 0.25) is 0 Å². The van der Waals surface area contributed by atoms with Crippen LogP contribution in [0, 0.1) is 5.92 Å². The maximum absolute atomic E-state index is 6.06. The summed E-state index contributed by atoms with van der Waals surface area (Å²) in [5.41, 5.74) is 7.74. The zero-order valence-corrected chi connectivity index (χ0v) is 13.2. The van der Waals surface area contributed by atoms with Gasteiger partial charge in [-0.3, -0.25) is 0 Å². The maximum atomic E-state index is 6.06. The molecule has 0 saturated heterocycles. The molecule has 0 spiro atoms. The van der Waals surface area contributed by atoms with Gasteiger partial charge >= 0.3 is 0 Å². The van der Waals surface area contributed by atoms with E-state index in [0.29, 0.717) is 31.4 Å². The van der Waals surface area contributed by atoms with Crippen molar-refractivity contribution in [3.63, 3.8) is 0 Å². The fourth-order valence-corrected chi connectivity index (χ4v) is 2.51. The Balaban J connectivity index is 1.88. The predicted octanol–water partition coefficient (Wildman–Crippen LogP) is 3.77. The van der Waals surface area contributed by atoms with Gasteiger partial charge in [0.05, 0.1) is 6.61 Å². The third-order valence-electron chi connectivity index (χ3n) is 3.96. The third-order valence-corrected chi connectivity index (χ3v) is 3.96. The molecule has 118 valence electrons. The van der Waals surface area contributed by atoms with Crippen molar-refractivity contribution >= 4 is 5.69 Å². The summed E-state index contributed by atoms with van der Waals surface area (Å²) in [6.07, 6.45) is 4.92. The van der Waals surface area contributed by atoms with Gasteiger partial charge in [-0.2, -0.15) is 0 Å². The van der Waals surface area contributed by atoms with E-state index in [1.54, 1.807) is 0 Å². The van der Waals surface area contributed by atoms with E-state index in [0.717, 1.165) is 30.1 Å². The van der Waals surface area contributed by atoms with E-state index in [2.05, 4.69) is 13.8 Å².